The average molecular weight is 470 g/mol. The van der Waals surface area contributed by atoms with Crippen LogP contribution in [0.1, 0.15) is 74.7 Å². The zero-order valence-corrected chi connectivity index (χ0v) is 23.0. The summed E-state index contributed by atoms with van der Waals surface area (Å²) in [6.07, 6.45) is 15.4. The van der Waals surface area contributed by atoms with Crippen molar-refractivity contribution < 1.29 is 4.79 Å². The number of carbonyl (C=O) groups is 1. The average Bonchev–Trinajstić information content (AvgIpc) is 3.33. The van der Waals surface area contributed by atoms with Crippen molar-refractivity contribution in [3.05, 3.63) is 35.8 Å². The van der Waals surface area contributed by atoms with Crippen molar-refractivity contribution in [2.45, 2.75) is 93.6 Å². The molecule has 7 heteroatoms. The molecule has 0 unspecified atom stereocenters. The Kier molecular flexibility index (Phi) is 15.8. The summed E-state index contributed by atoms with van der Waals surface area (Å²) in [7, 11) is 0. The first-order valence-electron chi connectivity index (χ1n) is 12.8. The number of allylic oxidation sites excluding steroid dienone is 3. The number of amidine groups is 1. The molecule has 1 aliphatic rings. The standard InChI is InChI=1S/C25H42BN5O.C2H6/c1-8-13-25(5,6)19-31(18-9-2)23(27)22(20(3)28-7)30-21(4)24(32)29-17-12-16-26-14-10-11-15-26;1-2/h8-9,13,18,27H,7,10-12,14-17,19H2,1-6H3,(H,29,32);1-2H3/b13-8+,18-9+,22-20+,27-23?,30-21?;. The van der Waals surface area contributed by atoms with Crippen LogP contribution >= 0.6 is 0 Å². The lowest BCUT2D eigenvalue weighted by molar-refractivity contribution is -0.114. The van der Waals surface area contributed by atoms with Gasteiger partial charge in [0.05, 0.1) is 5.70 Å². The number of nitrogens with zero attached hydrogens (tertiary/aromatic N) is 3. The molecule has 0 saturated carbocycles. The van der Waals surface area contributed by atoms with Gasteiger partial charge in [-0.05, 0) is 40.8 Å². The highest BCUT2D eigenvalue weighted by Crippen LogP contribution is 2.23. The monoisotopic (exact) mass is 469 g/mol. The molecular weight excluding hydrogens is 421 g/mol. The Morgan fingerprint density at radius 2 is 1.79 bits per heavy atom. The summed E-state index contributed by atoms with van der Waals surface area (Å²) in [5.41, 5.74) is 1.05. The first-order chi connectivity index (χ1) is 16.1. The van der Waals surface area contributed by atoms with Gasteiger partial charge in [-0.1, -0.05) is 77.7 Å². The van der Waals surface area contributed by atoms with E-state index in [4.69, 9.17) is 5.41 Å². The quantitative estimate of drug-likeness (QED) is 0.111. The summed E-state index contributed by atoms with van der Waals surface area (Å²) in [5.74, 6) is -0.00984. The maximum absolute atomic E-state index is 12.6. The van der Waals surface area contributed by atoms with Gasteiger partial charge in [0, 0.05) is 24.7 Å². The lowest BCUT2D eigenvalue weighted by atomic mass is 9.45. The fourth-order valence-corrected chi connectivity index (χ4v) is 4.08. The van der Waals surface area contributed by atoms with Crippen LogP contribution in [-0.4, -0.2) is 48.9 Å². The number of aliphatic imine (C=N–C) groups is 2. The zero-order valence-electron chi connectivity index (χ0n) is 23.0. The van der Waals surface area contributed by atoms with Gasteiger partial charge in [-0.3, -0.25) is 15.2 Å². The second-order valence-electron chi connectivity index (χ2n) is 9.29. The van der Waals surface area contributed by atoms with E-state index < -0.39 is 0 Å². The lowest BCUT2D eigenvalue weighted by Gasteiger charge is -2.30. The summed E-state index contributed by atoms with van der Waals surface area (Å²) in [4.78, 5) is 23.0. The fourth-order valence-electron chi connectivity index (χ4n) is 4.08. The minimum Gasteiger partial charge on any atom is -0.351 e. The van der Waals surface area contributed by atoms with Gasteiger partial charge in [-0.15, -0.1) is 0 Å². The third-order valence-corrected chi connectivity index (χ3v) is 5.77. The van der Waals surface area contributed by atoms with E-state index in [1.54, 1.807) is 13.8 Å². The van der Waals surface area contributed by atoms with Crippen molar-refractivity contribution in [1.82, 2.24) is 10.2 Å². The van der Waals surface area contributed by atoms with Gasteiger partial charge < -0.3 is 10.2 Å². The Hall–Kier alpha value is -2.44. The Balaban J connectivity index is 0.00000529. The van der Waals surface area contributed by atoms with Crippen molar-refractivity contribution in [3.63, 3.8) is 0 Å². The van der Waals surface area contributed by atoms with Crippen LogP contribution in [0.25, 0.3) is 0 Å². The number of carbonyl (C=O) groups excluding carboxylic acids is 1. The lowest BCUT2D eigenvalue weighted by Crippen LogP contribution is -2.35. The van der Waals surface area contributed by atoms with Crippen molar-refractivity contribution in [2.75, 3.05) is 13.1 Å². The van der Waals surface area contributed by atoms with E-state index >= 15 is 0 Å². The van der Waals surface area contributed by atoms with Crippen LogP contribution < -0.4 is 5.32 Å². The van der Waals surface area contributed by atoms with Gasteiger partial charge >= 0.3 is 0 Å². The first kappa shape index (κ1) is 31.6. The van der Waals surface area contributed by atoms with Crippen LogP contribution in [0.3, 0.4) is 0 Å². The normalized spacial score (nSPS) is 15.2. The van der Waals surface area contributed by atoms with Gasteiger partial charge in [0.1, 0.15) is 18.1 Å². The van der Waals surface area contributed by atoms with Crippen LogP contribution in [0.4, 0.5) is 0 Å². The van der Waals surface area contributed by atoms with Gasteiger partial charge in [0.25, 0.3) is 5.91 Å². The molecule has 1 aliphatic heterocycles. The fraction of sp³-hybridized carbons (Fsp3) is 0.630. The van der Waals surface area contributed by atoms with Gasteiger partial charge in [-0.25, -0.2) is 4.99 Å². The Morgan fingerprint density at radius 1 is 1.18 bits per heavy atom. The minimum atomic E-state index is -0.203. The number of hydrogen-bond acceptors (Lipinski definition) is 4. The predicted octanol–water partition coefficient (Wildman–Crippen LogP) is 6.62. The van der Waals surface area contributed by atoms with E-state index in [9.17, 15) is 4.79 Å². The van der Waals surface area contributed by atoms with Gasteiger partial charge in [0.2, 0.25) is 0 Å². The smallest absolute Gasteiger partial charge is 0.265 e. The highest BCUT2D eigenvalue weighted by Gasteiger charge is 2.23. The molecule has 0 radical (unpaired) electrons. The second kappa shape index (κ2) is 17.1. The summed E-state index contributed by atoms with van der Waals surface area (Å²) in [6.45, 7) is 21.3. The molecule has 34 heavy (non-hydrogen) atoms. The molecule has 1 amide bonds. The van der Waals surface area contributed by atoms with Crippen LogP contribution in [0.15, 0.2) is 45.8 Å². The first-order valence-corrected chi connectivity index (χ1v) is 12.8. The molecule has 1 heterocycles. The van der Waals surface area contributed by atoms with Crippen LogP contribution in [0.5, 0.6) is 0 Å². The summed E-state index contributed by atoms with van der Waals surface area (Å²) in [6, 6.07) is 0. The predicted molar refractivity (Wildman–Crippen MR) is 152 cm³/mol. The van der Waals surface area contributed by atoms with Crippen molar-refractivity contribution in [2.24, 2.45) is 15.4 Å². The van der Waals surface area contributed by atoms with E-state index in [1.165, 1.54) is 31.8 Å². The molecule has 0 aromatic carbocycles. The van der Waals surface area contributed by atoms with Crippen molar-refractivity contribution >= 4 is 30.9 Å². The molecule has 6 nitrogen and oxygen atoms in total. The molecule has 2 N–H and O–H groups in total. The van der Waals surface area contributed by atoms with Crippen LogP contribution in [-0.2, 0) is 4.79 Å². The minimum absolute atomic E-state index is 0.142. The molecule has 1 rings (SSSR count). The molecule has 1 saturated heterocycles. The summed E-state index contributed by atoms with van der Waals surface area (Å²) >= 11 is 0. The number of amides is 1. The number of rotatable bonds is 12. The van der Waals surface area contributed by atoms with E-state index in [2.05, 4.69) is 41.9 Å². The summed E-state index contributed by atoms with van der Waals surface area (Å²) < 4.78 is 0. The van der Waals surface area contributed by atoms with E-state index in [-0.39, 0.29) is 17.2 Å². The maximum atomic E-state index is 12.6. The molecule has 0 aliphatic carbocycles. The Bertz CT molecular complexity index is 774. The molecule has 0 bridgehead atoms. The molecular formula is C27H48BN5O. The third kappa shape index (κ3) is 11.6. The number of nitrogens with one attached hydrogen (secondary N) is 2. The van der Waals surface area contributed by atoms with Gasteiger partial charge in [-0.2, -0.15) is 0 Å². The Labute approximate surface area is 209 Å². The van der Waals surface area contributed by atoms with Crippen molar-refractivity contribution in [1.29, 1.82) is 5.41 Å². The topological polar surface area (TPSA) is 80.9 Å². The largest absolute Gasteiger partial charge is 0.351 e. The molecule has 0 atom stereocenters. The zero-order chi connectivity index (χ0) is 26.1. The third-order valence-electron chi connectivity index (χ3n) is 5.77. The molecule has 0 aromatic rings. The molecule has 0 aromatic heterocycles. The van der Waals surface area contributed by atoms with Crippen LogP contribution in [0, 0.1) is 10.8 Å². The van der Waals surface area contributed by atoms with Gasteiger partial charge in [0.15, 0.2) is 5.84 Å². The SMILES string of the molecule is C=N/C(C)=C(/N=C(C)C(=O)NCCCB1CCCC1)C(=N)N(/C=C/C)CC(C)(C)/C=C/C.CC. The Morgan fingerprint density at radius 3 is 2.32 bits per heavy atom. The maximum Gasteiger partial charge on any atom is 0.265 e. The molecule has 190 valence electrons. The van der Waals surface area contributed by atoms with E-state index in [0.29, 0.717) is 30.2 Å². The molecule has 1 fully saturated rings. The van der Waals surface area contributed by atoms with Crippen molar-refractivity contribution in [3.8, 4) is 0 Å². The highest BCUT2D eigenvalue weighted by atomic mass is 16.1. The second-order valence-corrected chi connectivity index (χ2v) is 9.29. The number of hydrogen-bond donors (Lipinski definition) is 2. The summed E-state index contributed by atoms with van der Waals surface area (Å²) in [5, 5.41) is 11.8. The van der Waals surface area contributed by atoms with E-state index in [0.717, 1.165) is 13.1 Å². The van der Waals surface area contributed by atoms with E-state index in [1.807, 2.05) is 50.9 Å². The van der Waals surface area contributed by atoms with Crippen LogP contribution in [0.2, 0.25) is 19.0 Å². The molecule has 0 spiro atoms. The highest BCUT2D eigenvalue weighted by molar-refractivity contribution is 6.59.